The lowest BCUT2D eigenvalue weighted by atomic mass is 10.2. The van der Waals surface area contributed by atoms with E-state index in [1.165, 1.54) is 39.3 Å². The monoisotopic (exact) mass is 563 g/mol. The molecule has 0 saturated carbocycles. The lowest BCUT2D eigenvalue weighted by molar-refractivity contribution is -0.118. The van der Waals surface area contributed by atoms with Gasteiger partial charge in [-0.2, -0.15) is 5.10 Å². The number of nitrogens with zero attached hydrogens (tertiary/aromatic N) is 4. The summed E-state index contributed by atoms with van der Waals surface area (Å²) < 4.78 is 28.8. The Morgan fingerprint density at radius 1 is 0.850 bits per heavy atom. The summed E-state index contributed by atoms with van der Waals surface area (Å²) in [7, 11) is 7.75. The summed E-state index contributed by atoms with van der Waals surface area (Å²) in [6.07, 6.45) is 1.49. The number of para-hydroxylation sites is 1. The molecule has 3 aromatic carbocycles. The Kier molecular flexibility index (Phi) is 9.47. The molecule has 11 nitrogen and oxygen atoms in total. The molecular weight excluding hydrogens is 534 g/mol. The first-order valence-corrected chi connectivity index (χ1v) is 13.0. The summed E-state index contributed by atoms with van der Waals surface area (Å²) in [6, 6.07) is 18.6. The van der Waals surface area contributed by atoms with Gasteiger partial charge in [0, 0.05) is 16.8 Å². The van der Waals surface area contributed by atoms with E-state index in [0.717, 1.165) is 11.3 Å². The minimum Gasteiger partial charge on any atom is -0.493 e. The molecule has 0 unspecified atom stereocenters. The molecule has 0 bridgehead atoms. The van der Waals surface area contributed by atoms with Gasteiger partial charge in [0.05, 0.1) is 47.5 Å². The highest BCUT2D eigenvalue weighted by Gasteiger charge is 2.19. The number of aromatic nitrogens is 3. The predicted molar refractivity (Wildman–Crippen MR) is 152 cm³/mol. The van der Waals surface area contributed by atoms with Crippen molar-refractivity contribution in [1.82, 2.24) is 20.2 Å². The molecule has 0 radical (unpaired) electrons. The molecule has 1 heterocycles. The average molecular weight is 564 g/mol. The number of hydrazone groups is 1. The van der Waals surface area contributed by atoms with Crippen LogP contribution >= 0.6 is 11.8 Å². The van der Waals surface area contributed by atoms with E-state index >= 15 is 0 Å². The van der Waals surface area contributed by atoms with Crippen LogP contribution in [0.1, 0.15) is 5.56 Å². The Morgan fingerprint density at radius 3 is 2.15 bits per heavy atom. The molecule has 1 amide bonds. The van der Waals surface area contributed by atoms with Crippen molar-refractivity contribution < 1.29 is 28.5 Å². The van der Waals surface area contributed by atoms with Crippen LogP contribution in [0, 0.1) is 0 Å². The molecule has 0 saturated heterocycles. The number of carbonyl (C=O) groups excluding carboxylic acids is 1. The first kappa shape index (κ1) is 28.3. The number of carbonyl (C=O) groups is 1. The van der Waals surface area contributed by atoms with Gasteiger partial charge in [0.1, 0.15) is 0 Å². The Labute approximate surface area is 236 Å². The Hall–Kier alpha value is -4.71. The van der Waals surface area contributed by atoms with Gasteiger partial charge >= 0.3 is 0 Å². The number of thioether (sulfide) groups is 1. The van der Waals surface area contributed by atoms with Gasteiger partial charge in [0.15, 0.2) is 34.0 Å². The fraction of sp³-hybridized carbons (Fsp3) is 0.214. The van der Waals surface area contributed by atoms with Gasteiger partial charge in [-0.25, -0.2) is 5.43 Å². The smallest absolute Gasteiger partial charge is 0.250 e. The Bertz CT molecular complexity index is 1470. The fourth-order valence-electron chi connectivity index (χ4n) is 3.85. The third-order valence-corrected chi connectivity index (χ3v) is 6.64. The van der Waals surface area contributed by atoms with E-state index in [1.807, 2.05) is 53.1 Å². The first-order valence-electron chi connectivity index (χ1n) is 12.0. The van der Waals surface area contributed by atoms with Crippen LogP contribution in [0.2, 0.25) is 0 Å². The lowest BCUT2D eigenvalue weighted by Gasteiger charge is -2.12. The second-order valence-corrected chi connectivity index (χ2v) is 9.03. The van der Waals surface area contributed by atoms with E-state index in [4.69, 9.17) is 23.7 Å². The zero-order valence-corrected chi connectivity index (χ0v) is 23.5. The van der Waals surface area contributed by atoms with Crippen LogP contribution in [0.15, 0.2) is 70.9 Å². The highest BCUT2D eigenvalue weighted by atomic mass is 32.2. The second-order valence-electron chi connectivity index (χ2n) is 8.09. The number of nitrogens with one attached hydrogen (secondary N) is 1. The van der Waals surface area contributed by atoms with E-state index in [9.17, 15) is 4.79 Å². The molecule has 0 aliphatic carbocycles. The number of ether oxygens (including phenoxy) is 5. The molecule has 12 heteroatoms. The quantitative estimate of drug-likeness (QED) is 0.154. The van der Waals surface area contributed by atoms with E-state index in [1.54, 1.807) is 26.4 Å². The van der Waals surface area contributed by atoms with Crippen molar-refractivity contribution in [1.29, 1.82) is 0 Å². The zero-order valence-electron chi connectivity index (χ0n) is 22.7. The van der Waals surface area contributed by atoms with Crippen LogP contribution in [0.3, 0.4) is 0 Å². The van der Waals surface area contributed by atoms with Crippen molar-refractivity contribution in [3.05, 3.63) is 66.2 Å². The SMILES string of the molecule is COc1ccc(-c2nnc(SCC(=O)N/N=C\c3cc(OC)c(OC)c(OC)c3)n2-c2ccccc2)cc1OC. The molecule has 40 heavy (non-hydrogen) atoms. The van der Waals surface area contributed by atoms with Crippen LogP contribution in [0.4, 0.5) is 0 Å². The Morgan fingerprint density at radius 2 is 1.52 bits per heavy atom. The lowest BCUT2D eigenvalue weighted by Crippen LogP contribution is -2.20. The molecule has 4 rings (SSSR count). The molecule has 0 fully saturated rings. The van der Waals surface area contributed by atoms with Crippen LogP contribution in [0.5, 0.6) is 28.7 Å². The van der Waals surface area contributed by atoms with E-state index in [0.29, 0.717) is 45.3 Å². The number of hydrogen-bond donors (Lipinski definition) is 1. The number of amides is 1. The van der Waals surface area contributed by atoms with Gasteiger partial charge in [0.2, 0.25) is 5.75 Å². The molecule has 0 atom stereocenters. The van der Waals surface area contributed by atoms with E-state index < -0.39 is 0 Å². The third-order valence-electron chi connectivity index (χ3n) is 5.71. The highest BCUT2D eigenvalue weighted by molar-refractivity contribution is 7.99. The summed E-state index contributed by atoms with van der Waals surface area (Å²) in [5.41, 5.74) is 4.82. The van der Waals surface area contributed by atoms with Crippen molar-refractivity contribution in [2.24, 2.45) is 5.10 Å². The minimum absolute atomic E-state index is 0.0590. The fourth-order valence-corrected chi connectivity index (χ4v) is 4.60. The van der Waals surface area contributed by atoms with Crippen LogP contribution in [0.25, 0.3) is 17.1 Å². The van der Waals surface area contributed by atoms with Gasteiger partial charge in [-0.05, 0) is 42.5 Å². The van der Waals surface area contributed by atoms with Crippen molar-refractivity contribution >= 4 is 23.9 Å². The second kappa shape index (κ2) is 13.4. The van der Waals surface area contributed by atoms with Gasteiger partial charge in [-0.3, -0.25) is 9.36 Å². The maximum Gasteiger partial charge on any atom is 0.250 e. The number of rotatable bonds is 12. The summed E-state index contributed by atoms with van der Waals surface area (Å²) in [5, 5.41) is 13.4. The summed E-state index contributed by atoms with van der Waals surface area (Å²) in [5.74, 6) is 2.95. The van der Waals surface area contributed by atoms with E-state index in [-0.39, 0.29) is 11.7 Å². The standard InChI is InChI=1S/C28H29N5O6S/c1-35-21-12-11-19(15-22(21)36-2)27-31-32-28(33(27)20-9-7-6-8-10-20)40-17-25(34)30-29-16-18-13-23(37-3)26(39-5)24(14-18)38-4/h6-16H,17H2,1-5H3,(H,30,34)/b29-16-. The number of methoxy groups -OCH3 is 5. The maximum absolute atomic E-state index is 12.6. The normalized spacial score (nSPS) is 10.8. The van der Waals surface area contributed by atoms with Gasteiger partial charge in [0.25, 0.3) is 5.91 Å². The van der Waals surface area contributed by atoms with Crippen LogP contribution in [-0.4, -0.2) is 68.2 Å². The molecule has 4 aromatic rings. The van der Waals surface area contributed by atoms with Crippen LogP contribution < -0.4 is 29.1 Å². The van der Waals surface area contributed by atoms with Crippen molar-refractivity contribution in [2.45, 2.75) is 5.16 Å². The summed E-state index contributed by atoms with van der Waals surface area (Å²) >= 11 is 1.24. The largest absolute Gasteiger partial charge is 0.493 e. The van der Waals surface area contributed by atoms with Crippen molar-refractivity contribution in [2.75, 3.05) is 41.3 Å². The van der Waals surface area contributed by atoms with Crippen LogP contribution in [-0.2, 0) is 4.79 Å². The average Bonchev–Trinajstić information content (AvgIpc) is 3.43. The summed E-state index contributed by atoms with van der Waals surface area (Å²) in [4.78, 5) is 12.6. The topological polar surface area (TPSA) is 118 Å². The van der Waals surface area contributed by atoms with Crippen molar-refractivity contribution in [3.63, 3.8) is 0 Å². The third kappa shape index (κ3) is 6.29. The molecule has 208 valence electrons. The van der Waals surface area contributed by atoms with Gasteiger partial charge in [-0.1, -0.05) is 30.0 Å². The van der Waals surface area contributed by atoms with Gasteiger partial charge in [-0.15, -0.1) is 10.2 Å². The maximum atomic E-state index is 12.6. The predicted octanol–water partition coefficient (Wildman–Crippen LogP) is 4.22. The molecule has 0 aliphatic heterocycles. The highest BCUT2D eigenvalue weighted by Crippen LogP contribution is 2.38. The molecule has 0 aliphatic rings. The molecule has 1 N–H and O–H groups in total. The number of hydrogen-bond acceptors (Lipinski definition) is 10. The molecule has 0 spiro atoms. The Balaban J connectivity index is 1.51. The minimum atomic E-state index is -0.316. The molecular formula is C28H29N5O6S. The zero-order chi connectivity index (χ0) is 28.5. The summed E-state index contributed by atoms with van der Waals surface area (Å²) in [6.45, 7) is 0. The molecule has 1 aromatic heterocycles. The van der Waals surface area contributed by atoms with Crippen molar-refractivity contribution in [3.8, 4) is 45.8 Å². The van der Waals surface area contributed by atoms with Gasteiger partial charge < -0.3 is 23.7 Å². The number of benzene rings is 3. The first-order chi connectivity index (χ1) is 19.5. The van der Waals surface area contributed by atoms with E-state index in [2.05, 4.69) is 20.7 Å².